The van der Waals surface area contributed by atoms with E-state index in [0.717, 1.165) is 25.5 Å². The van der Waals surface area contributed by atoms with Crippen molar-refractivity contribution in [1.29, 1.82) is 5.26 Å². The van der Waals surface area contributed by atoms with Crippen LogP contribution in [-0.4, -0.2) is 6.29 Å². The summed E-state index contributed by atoms with van der Waals surface area (Å²) in [5, 5.41) is 8.21. The van der Waals surface area contributed by atoms with Gasteiger partial charge in [0.05, 0.1) is 6.07 Å². The molecule has 0 aliphatic rings. The van der Waals surface area contributed by atoms with Crippen LogP contribution in [0.4, 0.5) is 0 Å². The van der Waals surface area contributed by atoms with Crippen molar-refractivity contribution >= 4 is 6.29 Å². The van der Waals surface area contributed by atoms with Crippen LogP contribution in [0.25, 0.3) is 0 Å². The van der Waals surface area contributed by atoms with Gasteiger partial charge in [-0.15, -0.1) is 0 Å². The van der Waals surface area contributed by atoms with E-state index < -0.39 is 0 Å². The Hall–Kier alpha value is -0.840. The predicted octanol–water partition coefficient (Wildman–Crippen LogP) is 1.91. The first kappa shape index (κ1) is 9.16. The normalized spacial score (nSPS) is 12.0. The van der Waals surface area contributed by atoms with Gasteiger partial charge in [0.15, 0.2) is 0 Å². The minimum absolute atomic E-state index is 0.115. The quantitative estimate of drug-likeness (QED) is 0.546. The first-order valence-corrected chi connectivity index (χ1v) is 3.67. The van der Waals surface area contributed by atoms with Crippen molar-refractivity contribution in [2.24, 2.45) is 5.92 Å². The highest BCUT2D eigenvalue weighted by atomic mass is 16.1. The number of nitriles is 1. The molecule has 0 rings (SSSR count). The van der Waals surface area contributed by atoms with Gasteiger partial charge in [0.2, 0.25) is 0 Å². The van der Waals surface area contributed by atoms with Crippen LogP contribution in [0.2, 0.25) is 0 Å². The summed E-state index contributed by atoms with van der Waals surface area (Å²) < 4.78 is 0. The molecule has 0 aliphatic carbocycles. The van der Waals surface area contributed by atoms with Crippen molar-refractivity contribution in [3.63, 3.8) is 0 Å². The lowest BCUT2D eigenvalue weighted by Gasteiger charge is -2.03. The van der Waals surface area contributed by atoms with Gasteiger partial charge in [0.25, 0.3) is 0 Å². The van der Waals surface area contributed by atoms with E-state index in [1.807, 2.05) is 13.0 Å². The smallest absolute Gasteiger partial charge is 0.123 e. The van der Waals surface area contributed by atoms with E-state index in [-0.39, 0.29) is 5.92 Å². The molecule has 10 heavy (non-hydrogen) atoms. The maximum Gasteiger partial charge on any atom is 0.123 e. The Bertz CT molecular complexity index is 126. The Morgan fingerprint density at radius 3 is 2.70 bits per heavy atom. The molecule has 0 aromatic carbocycles. The second kappa shape index (κ2) is 6.28. The molecular weight excluding hydrogens is 126 g/mol. The van der Waals surface area contributed by atoms with Gasteiger partial charge >= 0.3 is 0 Å². The van der Waals surface area contributed by atoms with Gasteiger partial charge in [-0.25, -0.2) is 0 Å². The lowest BCUT2D eigenvalue weighted by molar-refractivity contribution is -0.111. The second-order valence-electron chi connectivity index (χ2n) is 2.38. The third kappa shape index (κ3) is 4.08. The molecule has 0 aromatic heterocycles. The van der Waals surface area contributed by atoms with Gasteiger partial charge in [-0.2, -0.15) is 5.26 Å². The van der Waals surface area contributed by atoms with Crippen LogP contribution < -0.4 is 0 Å². The molecule has 0 bridgehead atoms. The summed E-state index contributed by atoms with van der Waals surface area (Å²) in [6, 6.07) is 2.03. The highest BCUT2D eigenvalue weighted by Gasteiger charge is 2.03. The van der Waals surface area contributed by atoms with Crippen molar-refractivity contribution in [3.8, 4) is 6.07 Å². The molecule has 0 aliphatic heterocycles. The fourth-order valence-electron chi connectivity index (χ4n) is 0.901. The largest absolute Gasteiger partial charge is 0.303 e. The molecule has 0 radical (unpaired) electrons. The topological polar surface area (TPSA) is 40.9 Å². The lowest BCUT2D eigenvalue weighted by atomic mass is 10.0. The molecule has 0 aromatic rings. The van der Waals surface area contributed by atoms with Crippen molar-refractivity contribution in [2.75, 3.05) is 0 Å². The first-order valence-electron chi connectivity index (χ1n) is 3.67. The molecule has 0 fully saturated rings. The van der Waals surface area contributed by atoms with Crippen LogP contribution in [0.3, 0.4) is 0 Å². The Balaban J connectivity index is 3.41. The molecule has 0 saturated heterocycles. The number of rotatable bonds is 5. The van der Waals surface area contributed by atoms with Crippen LogP contribution >= 0.6 is 0 Å². The molecule has 1 atom stereocenters. The summed E-state index contributed by atoms with van der Waals surface area (Å²) in [7, 11) is 0. The van der Waals surface area contributed by atoms with Crippen LogP contribution in [0, 0.1) is 17.2 Å². The van der Waals surface area contributed by atoms with Crippen molar-refractivity contribution < 1.29 is 4.79 Å². The average molecular weight is 139 g/mol. The SMILES string of the molecule is CCCC(C=O)CCC#N. The fourth-order valence-corrected chi connectivity index (χ4v) is 0.901. The summed E-state index contributed by atoms with van der Waals surface area (Å²) >= 11 is 0. The average Bonchev–Trinajstić information content (AvgIpc) is 1.98. The molecule has 1 unspecified atom stereocenters. The molecule has 0 amide bonds. The Morgan fingerprint density at radius 2 is 2.30 bits per heavy atom. The highest BCUT2D eigenvalue weighted by molar-refractivity contribution is 5.53. The van der Waals surface area contributed by atoms with Crippen LogP contribution in [0.15, 0.2) is 0 Å². The molecule has 2 heteroatoms. The van der Waals surface area contributed by atoms with E-state index >= 15 is 0 Å². The number of hydrogen-bond donors (Lipinski definition) is 0. The van der Waals surface area contributed by atoms with E-state index in [2.05, 4.69) is 0 Å². The van der Waals surface area contributed by atoms with Crippen LogP contribution in [-0.2, 0) is 4.79 Å². The highest BCUT2D eigenvalue weighted by Crippen LogP contribution is 2.09. The summed E-state index contributed by atoms with van der Waals surface area (Å²) in [6.45, 7) is 2.04. The minimum atomic E-state index is 0.115. The third-order valence-electron chi connectivity index (χ3n) is 1.48. The van der Waals surface area contributed by atoms with E-state index in [9.17, 15) is 4.79 Å². The van der Waals surface area contributed by atoms with E-state index in [4.69, 9.17) is 5.26 Å². The fraction of sp³-hybridized carbons (Fsp3) is 0.750. The number of hydrogen-bond acceptors (Lipinski definition) is 2. The monoisotopic (exact) mass is 139 g/mol. The molecule has 2 nitrogen and oxygen atoms in total. The van der Waals surface area contributed by atoms with Gasteiger partial charge in [-0.3, -0.25) is 0 Å². The zero-order chi connectivity index (χ0) is 7.82. The number of carbonyl (C=O) groups is 1. The van der Waals surface area contributed by atoms with Crippen molar-refractivity contribution in [2.45, 2.75) is 32.6 Å². The molecule has 0 heterocycles. The van der Waals surface area contributed by atoms with Crippen LogP contribution in [0.5, 0.6) is 0 Å². The summed E-state index contributed by atoms with van der Waals surface area (Å²) in [5.41, 5.74) is 0. The van der Waals surface area contributed by atoms with Gasteiger partial charge in [-0.05, 0) is 12.8 Å². The zero-order valence-electron chi connectivity index (χ0n) is 6.34. The standard InChI is InChI=1S/C8H13NO/c1-2-4-8(7-10)5-3-6-9/h7-8H,2-5H2,1H3. The second-order valence-corrected chi connectivity index (χ2v) is 2.38. The maximum atomic E-state index is 10.3. The Kier molecular flexibility index (Phi) is 5.75. The molecule has 0 N–H and O–H groups in total. The first-order chi connectivity index (χ1) is 4.85. The number of carbonyl (C=O) groups excluding carboxylic acids is 1. The lowest BCUT2D eigenvalue weighted by Crippen LogP contribution is -2.00. The Morgan fingerprint density at radius 1 is 1.60 bits per heavy atom. The summed E-state index contributed by atoms with van der Waals surface area (Å²) in [5.74, 6) is 0.115. The van der Waals surface area contributed by atoms with E-state index in [1.54, 1.807) is 0 Å². The number of nitrogens with zero attached hydrogens (tertiary/aromatic N) is 1. The van der Waals surface area contributed by atoms with E-state index in [0.29, 0.717) is 6.42 Å². The van der Waals surface area contributed by atoms with Gasteiger partial charge < -0.3 is 4.79 Å². The molecule has 56 valence electrons. The van der Waals surface area contributed by atoms with Gasteiger partial charge in [0, 0.05) is 12.3 Å². The molecule has 0 spiro atoms. The maximum absolute atomic E-state index is 10.3. The van der Waals surface area contributed by atoms with Crippen molar-refractivity contribution in [3.05, 3.63) is 0 Å². The van der Waals surface area contributed by atoms with Crippen LogP contribution in [0.1, 0.15) is 32.6 Å². The summed E-state index contributed by atoms with van der Waals surface area (Å²) in [6.07, 6.45) is 4.14. The van der Waals surface area contributed by atoms with E-state index in [1.165, 1.54) is 0 Å². The minimum Gasteiger partial charge on any atom is -0.303 e. The number of aldehydes is 1. The van der Waals surface area contributed by atoms with Crippen molar-refractivity contribution in [1.82, 2.24) is 0 Å². The third-order valence-corrected chi connectivity index (χ3v) is 1.48. The van der Waals surface area contributed by atoms with Gasteiger partial charge in [-0.1, -0.05) is 13.3 Å². The predicted molar refractivity (Wildman–Crippen MR) is 39.3 cm³/mol. The molecule has 0 saturated carbocycles. The molecular formula is C8H13NO. The zero-order valence-corrected chi connectivity index (χ0v) is 6.34. The Labute approximate surface area is 61.8 Å². The van der Waals surface area contributed by atoms with Gasteiger partial charge in [0.1, 0.15) is 6.29 Å². The summed E-state index contributed by atoms with van der Waals surface area (Å²) in [4.78, 5) is 10.3.